The molecule has 0 aromatic carbocycles. The second kappa shape index (κ2) is 7.07. The van der Waals surface area contributed by atoms with Crippen LogP contribution in [0.25, 0.3) is 0 Å². The van der Waals surface area contributed by atoms with Crippen LogP contribution in [0.2, 0.25) is 0 Å². The number of ether oxygens (including phenoxy) is 2. The first-order chi connectivity index (χ1) is 8.03. The van der Waals surface area contributed by atoms with Crippen molar-refractivity contribution in [2.75, 3.05) is 19.8 Å². The third-order valence-corrected chi connectivity index (χ3v) is 1.99. The number of carbonyl (C=O) groups is 1. The Morgan fingerprint density at radius 1 is 1.06 bits per heavy atom. The highest BCUT2D eigenvalue weighted by atomic mass is 16.5. The summed E-state index contributed by atoms with van der Waals surface area (Å²) in [5.41, 5.74) is 4.81. The van der Waals surface area contributed by atoms with E-state index in [1.165, 1.54) is 0 Å². The van der Waals surface area contributed by atoms with Gasteiger partial charge in [0.25, 0.3) is 0 Å². The van der Waals surface area contributed by atoms with Gasteiger partial charge in [-0.2, -0.15) is 0 Å². The van der Waals surface area contributed by atoms with Crippen LogP contribution in [0.3, 0.4) is 0 Å². The van der Waals surface area contributed by atoms with Gasteiger partial charge in [-0.1, -0.05) is 0 Å². The molecule has 5 heteroatoms. The van der Waals surface area contributed by atoms with E-state index in [0.717, 1.165) is 0 Å². The molecular formula is C13H28N2O3. The molecule has 0 spiro atoms. The number of amides is 1. The van der Waals surface area contributed by atoms with Crippen molar-refractivity contribution in [1.82, 2.24) is 5.32 Å². The fourth-order valence-electron chi connectivity index (χ4n) is 1.12. The third-order valence-electron chi connectivity index (χ3n) is 1.99. The Hall–Kier alpha value is -0.650. The lowest BCUT2D eigenvalue weighted by molar-refractivity contribution is -0.123. The minimum Gasteiger partial charge on any atom is -0.374 e. The molecule has 0 aliphatic heterocycles. The zero-order chi connectivity index (χ0) is 14.4. The molecule has 108 valence electrons. The number of hydrogen-bond acceptors (Lipinski definition) is 4. The van der Waals surface area contributed by atoms with Crippen molar-refractivity contribution in [3.05, 3.63) is 0 Å². The maximum absolute atomic E-state index is 11.3. The van der Waals surface area contributed by atoms with E-state index in [9.17, 15) is 4.79 Å². The van der Waals surface area contributed by atoms with Crippen LogP contribution < -0.4 is 11.1 Å². The molecule has 18 heavy (non-hydrogen) atoms. The Kier molecular flexibility index (Phi) is 6.81. The quantitative estimate of drug-likeness (QED) is 0.749. The molecule has 0 aromatic rings. The zero-order valence-electron chi connectivity index (χ0n) is 12.5. The molecule has 0 atom stereocenters. The molecule has 0 fully saturated rings. The summed E-state index contributed by atoms with van der Waals surface area (Å²) in [6.07, 6.45) is 0. The van der Waals surface area contributed by atoms with Crippen molar-refractivity contribution in [3.8, 4) is 0 Å². The normalized spacial score (nSPS) is 12.9. The molecule has 0 aliphatic carbocycles. The second-order valence-corrected chi connectivity index (χ2v) is 6.32. The van der Waals surface area contributed by atoms with Crippen LogP contribution in [-0.2, 0) is 14.3 Å². The molecular weight excluding hydrogens is 232 g/mol. The van der Waals surface area contributed by atoms with E-state index >= 15 is 0 Å². The van der Waals surface area contributed by atoms with Gasteiger partial charge in [0.15, 0.2) is 0 Å². The molecule has 0 saturated carbocycles. The molecule has 0 unspecified atom stereocenters. The molecule has 0 aliphatic rings. The Bertz CT molecular complexity index is 236. The van der Waals surface area contributed by atoms with Gasteiger partial charge in [-0.25, -0.2) is 0 Å². The van der Waals surface area contributed by atoms with E-state index in [1.54, 1.807) is 0 Å². The average Bonchev–Trinajstić information content (AvgIpc) is 2.19. The van der Waals surface area contributed by atoms with Gasteiger partial charge >= 0.3 is 0 Å². The summed E-state index contributed by atoms with van der Waals surface area (Å²) in [6, 6.07) is -0.181. The first-order valence-electron chi connectivity index (χ1n) is 6.31. The Morgan fingerprint density at radius 2 is 1.44 bits per heavy atom. The van der Waals surface area contributed by atoms with Gasteiger partial charge < -0.3 is 20.5 Å². The van der Waals surface area contributed by atoms with E-state index in [4.69, 9.17) is 15.2 Å². The number of rotatable bonds is 6. The van der Waals surface area contributed by atoms with Crippen molar-refractivity contribution < 1.29 is 14.3 Å². The van der Waals surface area contributed by atoms with Crippen molar-refractivity contribution in [2.24, 2.45) is 5.73 Å². The molecule has 3 N–H and O–H groups in total. The average molecular weight is 260 g/mol. The first kappa shape index (κ1) is 17.4. The Labute approximate surface area is 110 Å². The van der Waals surface area contributed by atoms with Crippen molar-refractivity contribution in [2.45, 2.75) is 58.8 Å². The van der Waals surface area contributed by atoms with Gasteiger partial charge in [0.2, 0.25) is 5.91 Å². The van der Waals surface area contributed by atoms with Gasteiger partial charge in [-0.05, 0) is 41.5 Å². The van der Waals surface area contributed by atoms with Crippen molar-refractivity contribution >= 4 is 5.91 Å². The topological polar surface area (TPSA) is 73.6 Å². The second-order valence-electron chi connectivity index (χ2n) is 6.32. The fourth-order valence-corrected chi connectivity index (χ4v) is 1.12. The molecule has 0 bridgehead atoms. The number of nitrogens with two attached hydrogens (primary N) is 1. The minimum atomic E-state index is -0.243. The summed E-state index contributed by atoms with van der Waals surface area (Å²) in [6.45, 7) is 12.6. The maximum atomic E-state index is 11.3. The van der Waals surface area contributed by atoms with E-state index in [-0.39, 0.29) is 29.7 Å². The summed E-state index contributed by atoms with van der Waals surface area (Å²) in [5, 5.41) is 2.80. The van der Waals surface area contributed by atoms with Crippen LogP contribution in [-0.4, -0.2) is 42.9 Å². The number of nitrogens with one attached hydrogen (secondary N) is 1. The van der Waals surface area contributed by atoms with Crippen molar-refractivity contribution in [1.29, 1.82) is 0 Å². The summed E-state index contributed by atoms with van der Waals surface area (Å²) in [5.74, 6) is -0.199. The molecule has 5 nitrogen and oxygen atoms in total. The highest BCUT2D eigenvalue weighted by molar-refractivity contribution is 5.78. The van der Waals surface area contributed by atoms with Crippen LogP contribution in [0.5, 0.6) is 0 Å². The highest BCUT2D eigenvalue weighted by Crippen LogP contribution is 2.10. The van der Waals surface area contributed by atoms with Gasteiger partial charge in [0, 0.05) is 0 Å². The summed E-state index contributed by atoms with van der Waals surface area (Å²) in [7, 11) is 0. The molecule has 0 rings (SSSR count). The molecule has 0 aromatic heterocycles. The largest absolute Gasteiger partial charge is 0.374 e. The standard InChI is InChI=1S/C13H28N2O3/c1-12(2,3)17-8-10(15-11(16)7-14)9-18-13(4,5)6/h10H,7-9,14H2,1-6H3,(H,15,16). The predicted molar refractivity (Wildman–Crippen MR) is 72.4 cm³/mol. The molecule has 1 amide bonds. The van der Waals surface area contributed by atoms with Crippen LogP contribution in [0.4, 0.5) is 0 Å². The highest BCUT2D eigenvalue weighted by Gasteiger charge is 2.20. The van der Waals surface area contributed by atoms with Crippen LogP contribution in [0, 0.1) is 0 Å². The fraction of sp³-hybridized carbons (Fsp3) is 0.923. The summed E-state index contributed by atoms with van der Waals surface area (Å²) >= 11 is 0. The van der Waals surface area contributed by atoms with Gasteiger partial charge in [0.1, 0.15) is 0 Å². The van der Waals surface area contributed by atoms with E-state index in [1.807, 2.05) is 41.5 Å². The summed E-state index contributed by atoms with van der Waals surface area (Å²) < 4.78 is 11.3. The maximum Gasteiger partial charge on any atom is 0.234 e. The molecule has 0 radical (unpaired) electrons. The van der Waals surface area contributed by atoms with Gasteiger partial charge in [-0.15, -0.1) is 0 Å². The lowest BCUT2D eigenvalue weighted by Crippen LogP contribution is -2.46. The Morgan fingerprint density at radius 3 is 1.72 bits per heavy atom. The van der Waals surface area contributed by atoms with Gasteiger partial charge in [-0.3, -0.25) is 4.79 Å². The van der Waals surface area contributed by atoms with E-state index < -0.39 is 0 Å². The zero-order valence-corrected chi connectivity index (χ0v) is 12.5. The smallest absolute Gasteiger partial charge is 0.234 e. The van der Waals surface area contributed by atoms with E-state index in [0.29, 0.717) is 13.2 Å². The van der Waals surface area contributed by atoms with Crippen LogP contribution in [0.1, 0.15) is 41.5 Å². The van der Waals surface area contributed by atoms with E-state index in [2.05, 4.69) is 5.32 Å². The van der Waals surface area contributed by atoms with Gasteiger partial charge in [0.05, 0.1) is 37.0 Å². The number of carbonyl (C=O) groups excluding carboxylic acids is 1. The monoisotopic (exact) mass is 260 g/mol. The minimum absolute atomic E-state index is 0.0263. The SMILES string of the molecule is CC(C)(C)OCC(COC(C)(C)C)NC(=O)CN. The lowest BCUT2D eigenvalue weighted by Gasteiger charge is -2.28. The Balaban J connectivity index is 4.29. The number of hydrogen-bond donors (Lipinski definition) is 2. The van der Waals surface area contributed by atoms with Crippen LogP contribution in [0.15, 0.2) is 0 Å². The molecule has 0 heterocycles. The van der Waals surface area contributed by atoms with Crippen molar-refractivity contribution in [3.63, 3.8) is 0 Å². The van der Waals surface area contributed by atoms with Crippen LogP contribution >= 0.6 is 0 Å². The predicted octanol–water partition coefficient (Wildman–Crippen LogP) is 1.06. The molecule has 0 saturated heterocycles. The summed E-state index contributed by atoms with van der Waals surface area (Å²) in [4.78, 5) is 11.3. The first-order valence-corrected chi connectivity index (χ1v) is 6.31. The third kappa shape index (κ3) is 10.5. The lowest BCUT2D eigenvalue weighted by atomic mass is 10.2.